The third-order valence-electron chi connectivity index (χ3n) is 4.37. The summed E-state index contributed by atoms with van der Waals surface area (Å²) < 4.78 is 3.49. The zero-order chi connectivity index (χ0) is 14.8. The maximum Gasteiger partial charge on any atom is 0.111 e. The fourth-order valence-corrected chi connectivity index (χ4v) is 3.75. The van der Waals surface area contributed by atoms with Crippen molar-refractivity contribution in [3.05, 3.63) is 28.5 Å². The van der Waals surface area contributed by atoms with Gasteiger partial charge in [0, 0.05) is 29.9 Å². The van der Waals surface area contributed by atoms with Gasteiger partial charge in [0.2, 0.25) is 0 Å². The quantitative estimate of drug-likeness (QED) is 0.744. The molecule has 1 aromatic carbocycles. The summed E-state index contributed by atoms with van der Waals surface area (Å²) in [4.78, 5) is 7.30. The van der Waals surface area contributed by atoms with Crippen LogP contribution in [0.15, 0.2) is 22.7 Å². The van der Waals surface area contributed by atoms with Crippen LogP contribution in [-0.4, -0.2) is 40.0 Å². The molecule has 2 aromatic rings. The lowest BCUT2D eigenvalue weighted by molar-refractivity contribution is 0.332. The van der Waals surface area contributed by atoms with E-state index in [1.54, 1.807) is 0 Å². The van der Waals surface area contributed by atoms with E-state index in [1.807, 2.05) is 0 Å². The third kappa shape index (κ3) is 3.27. The molecular formula is C16H21BrClN3. The third-order valence-corrected chi connectivity index (χ3v) is 5.05. The SMILES string of the molecule is CCN1CCC(Cn2c(CCCl)nc3ccc(Br)cc32)C1. The average molecular weight is 371 g/mol. The van der Waals surface area contributed by atoms with Crippen LogP contribution in [-0.2, 0) is 13.0 Å². The van der Waals surface area contributed by atoms with Crippen LogP contribution >= 0.6 is 27.5 Å². The van der Waals surface area contributed by atoms with Crippen molar-refractivity contribution < 1.29 is 0 Å². The molecule has 21 heavy (non-hydrogen) atoms. The summed E-state index contributed by atoms with van der Waals surface area (Å²) in [7, 11) is 0. The van der Waals surface area contributed by atoms with Gasteiger partial charge in [-0.1, -0.05) is 22.9 Å². The standard InChI is InChI=1S/C16H21BrClN3/c1-2-20-8-6-12(10-20)11-21-15-9-13(17)3-4-14(15)19-16(21)5-7-18/h3-4,9,12H,2,5-8,10-11H2,1H3. The van der Waals surface area contributed by atoms with E-state index in [9.17, 15) is 0 Å². The van der Waals surface area contributed by atoms with Crippen LogP contribution in [0.25, 0.3) is 11.0 Å². The largest absolute Gasteiger partial charge is 0.328 e. The summed E-state index contributed by atoms with van der Waals surface area (Å²) in [5, 5.41) is 0. The number of halogens is 2. The molecule has 1 saturated heterocycles. The van der Waals surface area contributed by atoms with E-state index in [-0.39, 0.29) is 0 Å². The Bertz CT molecular complexity index is 625. The van der Waals surface area contributed by atoms with Crippen LogP contribution in [0.4, 0.5) is 0 Å². The van der Waals surface area contributed by atoms with Crippen molar-refractivity contribution in [1.82, 2.24) is 14.5 Å². The Kier molecular flexibility index (Phi) is 4.87. The Morgan fingerprint density at radius 3 is 3.00 bits per heavy atom. The lowest BCUT2D eigenvalue weighted by atomic mass is 10.1. The van der Waals surface area contributed by atoms with Gasteiger partial charge < -0.3 is 9.47 Å². The first-order chi connectivity index (χ1) is 10.2. The summed E-state index contributed by atoms with van der Waals surface area (Å²) in [6.07, 6.45) is 2.11. The molecule has 1 aliphatic heterocycles. The van der Waals surface area contributed by atoms with E-state index in [0.717, 1.165) is 41.2 Å². The van der Waals surface area contributed by atoms with Crippen LogP contribution in [0, 0.1) is 5.92 Å². The van der Waals surface area contributed by atoms with Crippen molar-refractivity contribution in [1.29, 1.82) is 0 Å². The Balaban J connectivity index is 1.91. The lowest BCUT2D eigenvalue weighted by Crippen LogP contribution is -2.21. The molecule has 1 fully saturated rings. The van der Waals surface area contributed by atoms with Crippen molar-refractivity contribution in [3.63, 3.8) is 0 Å². The molecule has 0 radical (unpaired) electrons. The zero-order valence-electron chi connectivity index (χ0n) is 12.4. The molecule has 0 amide bonds. The summed E-state index contributed by atoms with van der Waals surface area (Å²) in [5.41, 5.74) is 2.29. The Morgan fingerprint density at radius 2 is 2.29 bits per heavy atom. The number of nitrogens with zero attached hydrogens (tertiary/aromatic N) is 3. The van der Waals surface area contributed by atoms with Crippen molar-refractivity contribution in [3.8, 4) is 0 Å². The number of alkyl halides is 1. The van der Waals surface area contributed by atoms with E-state index in [4.69, 9.17) is 16.6 Å². The molecule has 2 heterocycles. The van der Waals surface area contributed by atoms with Gasteiger partial charge in [-0.05, 0) is 43.6 Å². The van der Waals surface area contributed by atoms with Gasteiger partial charge in [0.15, 0.2) is 0 Å². The molecule has 1 aromatic heterocycles. The minimum absolute atomic E-state index is 0.621. The van der Waals surface area contributed by atoms with Crippen molar-refractivity contribution in [2.75, 3.05) is 25.5 Å². The molecule has 0 bridgehead atoms. The predicted molar refractivity (Wildman–Crippen MR) is 92.1 cm³/mol. The Hall–Kier alpha value is -0.580. The highest BCUT2D eigenvalue weighted by molar-refractivity contribution is 9.10. The van der Waals surface area contributed by atoms with E-state index >= 15 is 0 Å². The normalized spacial score (nSPS) is 19.7. The highest BCUT2D eigenvalue weighted by atomic mass is 79.9. The number of benzene rings is 1. The lowest BCUT2D eigenvalue weighted by Gasteiger charge is -2.16. The fraction of sp³-hybridized carbons (Fsp3) is 0.562. The monoisotopic (exact) mass is 369 g/mol. The number of fused-ring (bicyclic) bond motifs is 1. The van der Waals surface area contributed by atoms with Gasteiger partial charge in [-0.25, -0.2) is 4.98 Å². The summed E-state index contributed by atoms with van der Waals surface area (Å²) in [5.74, 6) is 2.46. The molecule has 0 saturated carbocycles. The highest BCUT2D eigenvalue weighted by Gasteiger charge is 2.23. The topological polar surface area (TPSA) is 21.1 Å². The van der Waals surface area contributed by atoms with E-state index in [2.05, 4.69) is 50.5 Å². The molecule has 1 aliphatic rings. The smallest absolute Gasteiger partial charge is 0.111 e. The van der Waals surface area contributed by atoms with Gasteiger partial charge in [-0.15, -0.1) is 11.6 Å². The number of hydrogen-bond acceptors (Lipinski definition) is 2. The molecule has 1 unspecified atom stereocenters. The number of hydrogen-bond donors (Lipinski definition) is 0. The second kappa shape index (κ2) is 6.67. The van der Waals surface area contributed by atoms with Gasteiger partial charge in [0.25, 0.3) is 0 Å². The summed E-state index contributed by atoms with van der Waals surface area (Å²) in [6, 6.07) is 6.31. The molecule has 0 spiro atoms. The number of aryl methyl sites for hydroxylation is 1. The number of rotatable bonds is 5. The number of aromatic nitrogens is 2. The molecule has 3 nitrogen and oxygen atoms in total. The molecular weight excluding hydrogens is 350 g/mol. The molecule has 5 heteroatoms. The maximum atomic E-state index is 5.96. The first-order valence-corrected chi connectivity index (χ1v) is 8.97. The summed E-state index contributed by atoms with van der Waals surface area (Å²) >= 11 is 9.53. The summed E-state index contributed by atoms with van der Waals surface area (Å²) in [6.45, 7) is 6.87. The van der Waals surface area contributed by atoms with Crippen LogP contribution in [0.1, 0.15) is 19.2 Å². The average Bonchev–Trinajstić information content (AvgIpc) is 3.06. The van der Waals surface area contributed by atoms with E-state index in [0.29, 0.717) is 5.88 Å². The Labute approximate surface area is 139 Å². The molecule has 114 valence electrons. The van der Waals surface area contributed by atoms with Crippen LogP contribution < -0.4 is 0 Å². The fourth-order valence-electron chi connectivity index (χ4n) is 3.23. The molecule has 3 rings (SSSR count). The first-order valence-electron chi connectivity index (χ1n) is 7.64. The highest BCUT2D eigenvalue weighted by Crippen LogP contribution is 2.25. The molecule has 0 N–H and O–H groups in total. The molecule has 1 atom stereocenters. The molecule has 0 aliphatic carbocycles. The van der Waals surface area contributed by atoms with Crippen molar-refractivity contribution in [2.24, 2.45) is 5.92 Å². The van der Waals surface area contributed by atoms with Gasteiger partial charge in [0.05, 0.1) is 11.0 Å². The zero-order valence-corrected chi connectivity index (χ0v) is 14.7. The van der Waals surface area contributed by atoms with Crippen LogP contribution in [0.5, 0.6) is 0 Å². The minimum atomic E-state index is 0.621. The van der Waals surface area contributed by atoms with E-state index < -0.39 is 0 Å². The number of likely N-dealkylation sites (tertiary alicyclic amines) is 1. The predicted octanol–water partition coefficient (Wildman–Crippen LogP) is 3.92. The first kappa shape index (κ1) is 15.3. The van der Waals surface area contributed by atoms with Crippen LogP contribution in [0.2, 0.25) is 0 Å². The van der Waals surface area contributed by atoms with Crippen molar-refractivity contribution in [2.45, 2.75) is 26.3 Å². The van der Waals surface area contributed by atoms with Gasteiger partial charge in [-0.2, -0.15) is 0 Å². The second-order valence-electron chi connectivity index (χ2n) is 5.76. The number of imidazole rings is 1. The van der Waals surface area contributed by atoms with Crippen LogP contribution in [0.3, 0.4) is 0 Å². The van der Waals surface area contributed by atoms with E-state index in [1.165, 1.54) is 25.0 Å². The maximum absolute atomic E-state index is 5.96. The van der Waals surface area contributed by atoms with Crippen molar-refractivity contribution >= 4 is 38.6 Å². The van der Waals surface area contributed by atoms with Gasteiger partial charge in [0.1, 0.15) is 5.82 Å². The Morgan fingerprint density at radius 1 is 1.43 bits per heavy atom. The van der Waals surface area contributed by atoms with Gasteiger partial charge in [-0.3, -0.25) is 0 Å². The second-order valence-corrected chi connectivity index (χ2v) is 7.05. The minimum Gasteiger partial charge on any atom is -0.328 e. The van der Waals surface area contributed by atoms with Gasteiger partial charge >= 0.3 is 0 Å².